The van der Waals surface area contributed by atoms with Crippen LogP contribution in [-0.4, -0.2) is 35.0 Å². The van der Waals surface area contributed by atoms with E-state index in [1.165, 1.54) is 0 Å². The number of benzene rings is 1. The predicted octanol–water partition coefficient (Wildman–Crippen LogP) is 1.90. The lowest BCUT2D eigenvalue weighted by atomic mass is 9.91. The average Bonchev–Trinajstić information content (AvgIpc) is 2.41. The maximum absolute atomic E-state index is 12.5. The first-order valence-electron chi connectivity index (χ1n) is 6.84. The molecule has 3 N–H and O–H groups in total. The Morgan fingerprint density at radius 2 is 2.26 bits per heavy atom. The van der Waals surface area contributed by atoms with Gasteiger partial charge >= 0.3 is 0 Å². The van der Waals surface area contributed by atoms with Crippen molar-refractivity contribution in [1.82, 2.24) is 4.90 Å². The lowest BCUT2D eigenvalue weighted by Gasteiger charge is -2.35. The van der Waals surface area contributed by atoms with E-state index in [1.807, 2.05) is 11.8 Å². The van der Waals surface area contributed by atoms with Crippen LogP contribution in [-0.2, 0) is 0 Å². The number of nitrogens with two attached hydrogens (primary N) is 1. The van der Waals surface area contributed by atoms with Crippen LogP contribution in [0.2, 0.25) is 0 Å². The van der Waals surface area contributed by atoms with Gasteiger partial charge < -0.3 is 15.7 Å². The molecule has 19 heavy (non-hydrogen) atoms. The van der Waals surface area contributed by atoms with Crippen LogP contribution in [0.15, 0.2) is 18.2 Å². The number of carbonyl (C=O) groups excluding carboxylic acids is 1. The van der Waals surface area contributed by atoms with E-state index >= 15 is 0 Å². The van der Waals surface area contributed by atoms with Gasteiger partial charge in [-0.1, -0.05) is 6.07 Å². The Labute approximate surface area is 114 Å². The van der Waals surface area contributed by atoms with Crippen molar-refractivity contribution in [1.29, 1.82) is 0 Å². The Bertz CT molecular complexity index is 471. The fourth-order valence-corrected chi connectivity index (χ4v) is 2.65. The molecule has 0 saturated carbocycles. The lowest BCUT2D eigenvalue weighted by molar-refractivity contribution is 0.0659. The van der Waals surface area contributed by atoms with E-state index in [4.69, 9.17) is 5.73 Å². The van der Waals surface area contributed by atoms with Gasteiger partial charge in [0.2, 0.25) is 0 Å². The highest BCUT2D eigenvalue weighted by Crippen LogP contribution is 2.24. The summed E-state index contributed by atoms with van der Waals surface area (Å²) in [6.45, 7) is 5.26. The number of phenols is 1. The first-order valence-corrected chi connectivity index (χ1v) is 6.84. The van der Waals surface area contributed by atoms with E-state index in [-0.39, 0.29) is 17.7 Å². The zero-order valence-corrected chi connectivity index (χ0v) is 11.6. The first kappa shape index (κ1) is 13.9. The fourth-order valence-electron chi connectivity index (χ4n) is 2.65. The van der Waals surface area contributed by atoms with Gasteiger partial charge in [0.15, 0.2) is 0 Å². The summed E-state index contributed by atoms with van der Waals surface area (Å²) >= 11 is 0. The summed E-state index contributed by atoms with van der Waals surface area (Å²) in [5.74, 6) is 0.542. The summed E-state index contributed by atoms with van der Waals surface area (Å²) < 4.78 is 0. The molecule has 0 spiro atoms. The number of phenolic OH excluding ortho intramolecular Hbond substituents is 1. The Morgan fingerprint density at radius 3 is 2.95 bits per heavy atom. The molecule has 1 aliphatic heterocycles. The summed E-state index contributed by atoms with van der Waals surface area (Å²) in [4.78, 5) is 14.4. The van der Waals surface area contributed by atoms with E-state index in [9.17, 15) is 9.90 Å². The van der Waals surface area contributed by atoms with Crippen LogP contribution < -0.4 is 5.73 Å². The van der Waals surface area contributed by atoms with Crippen molar-refractivity contribution in [2.24, 2.45) is 11.7 Å². The standard InChI is InChI=1S/C15H22N2O2/c1-10-13(6-3-7-14(10)18)15(19)17-8-4-5-12(9-17)11(2)16/h3,6-7,11-12,18H,4-5,8-9,16H2,1-2H3. The molecule has 0 radical (unpaired) electrons. The average molecular weight is 262 g/mol. The second kappa shape index (κ2) is 5.61. The highest BCUT2D eigenvalue weighted by atomic mass is 16.3. The van der Waals surface area contributed by atoms with Crippen molar-refractivity contribution in [3.05, 3.63) is 29.3 Å². The van der Waals surface area contributed by atoms with E-state index in [0.717, 1.165) is 19.4 Å². The quantitative estimate of drug-likeness (QED) is 0.855. The zero-order valence-electron chi connectivity index (χ0n) is 11.6. The minimum Gasteiger partial charge on any atom is -0.508 e. The molecule has 1 aliphatic rings. The van der Waals surface area contributed by atoms with Gasteiger partial charge in [-0.15, -0.1) is 0 Å². The third-order valence-electron chi connectivity index (χ3n) is 4.02. The molecular weight excluding hydrogens is 240 g/mol. The van der Waals surface area contributed by atoms with Crippen molar-refractivity contribution in [2.75, 3.05) is 13.1 Å². The monoisotopic (exact) mass is 262 g/mol. The van der Waals surface area contributed by atoms with Crippen molar-refractivity contribution in [3.8, 4) is 5.75 Å². The van der Waals surface area contributed by atoms with E-state index in [1.54, 1.807) is 25.1 Å². The van der Waals surface area contributed by atoms with Crippen molar-refractivity contribution in [2.45, 2.75) is 32.7 Å². The second-order valence-electron chi connectivity index (χ2n) is 5.46. The number of amides is 1. The molecule has 0 aromatic heterocycles. The number of carbonyl (C=O) groups is 1. The molecule has 1 aromatic carbocycles. The number of nitrogens with zero attached hydrogens (tertiary/aromatic N) is 1. The minimum atomic E-state index is -0.00116. The third-order valence-corrected chi connectivity index (χ3v) is 4.02. The van der Waals surface area contributed by atoms with Gasteiger partial charge in [0.25, 0.3) is 5.91 Å². The molecule has 2 atom stereocenters. The summed E-state index contributed by atoms with van der Waals surface area (Å²) in [6, 6.07) is 5.20. The predicted molar refractivity (Wildman–Crippen MR) is 75.1 cm³/mol. The van der Waals surface area contributed by atoms with Gasteiger partial charge in [-0.25, -0.2) is 0 Å². The van der Waals surface area contributed by atoms with Crippen LogP contribution in [0.1, 0.15) is 35.7 Å². The van der Waals surface area contributed by atoms with Gasteiger partial charge in [0, 0.05) is 30.3 Å². The van der Waals surface area contributed by atoms with Gasteiger partial charge in [0.05, 0.1) is 0 Å². The van der Waals surface area contributed by atoms with Gasteiger partial charge in [-0.3, -0.25) is 4.79 Å². The molecule has 1 heterocycles. The molecule has 2 rings (SSSR count). The van der Waals surface area contributed by atoms with E-state index < -0.39 is 0 Å². The normalized spacial score (nSPS) is 21.2. The second-order valence-corrected chi connectivity index (χ2v) is 5.46. The molecule has 4 nitrogen and oxygen atoms in total. The van der Waals surface area contributed by atoms with Gasteiger partial charge in [-0.05, 0) is 44.7 Å². The molecule has 1 fully saturated rings. The Kier molecular flexibility index (Phi) is 4.10. The number of hydrogen-bond donors (Lipinski definition) is 2. The molecule has 1 saturated heterocycles. The number of aromatic hydroxyl groups is 1. The van der Waals surface area contributed by atoms with Crippen LogP contribution >= 0.6 is 0 Å². The molecule has 1 amide bonds. The molecule has 104 valence electrons. The van der Waals surface area contributed by atoms with Crippen LogP contribution in [0, 0.1) is 12.8 Å². The number of rotatable bonds is 2. The van der Waals surface area contributed by atoms with E-state index in [0.29, 0.717) is 23.6 Å². The van der Waals surface area contributed by atoms with Crippen molar-refractivity contribution >= 4 is 5.91 Å². The largest absolute Gasteiger partial charge is 0.508 e. The maximum atomic E-state index is 12.5. The minimum absolute atomic E-state index is 0.00116. The van der Waals surface area contributed by atoms with Crippen LogP contribution in [0.25, 0.3) is 0 Å². The highest BCUT2D eigenvalue weighted by molar-refractivity contribution is 5.96. The van der Waals surface area contributed by atoms with Crippen molar-refractivity contribution < 1.29 is 9.90 Å². The highest BCUT2D eigenvalue weighted by Gasteiger charge is 2.27. The Balaban J connectivity index is 2.17. The topological polar surface area (TPSA) is 66.6 Å². The summed E-state index contributed by atoms with van der Waals surface area (Å²) in [7, 11) is 0. The van der Waals surface area contributed by atoms with Gasteiger partial charge in [-0.2, -0.15) is 0 Å². The van der Waals surface area contributed by atoms with Gasteiger partial charge in [0.1, 0.15) is 5.75 Å². The fraction of sp³-hybridized carbons (Fsp3) is 0.533. The van der Waals surface area contributed by atoms with Crippen molar-refractivity contribution in [3.63, 3.8) is 0 Å². The summed E-state index contributed by atoms with van der Waals surface area (Å²) in [5.41, 5.74) is 7.18. The van der Waals surface area contributed by atoms with Crippen LogP contribution in [0.5, 0.6) is 5.75 Å². The molecule has 0 aliphatic carbocycles. The third kappa shape index (κ3) is 2.89. The number of likely N-dealkylation sites (tertiary alicyclic amines) is 1. The number of piperidine rings is 1. The summed E-state index contributed by atoms with van der Waals surface area (Å²) in [5, 5.41) is 9.70. The van der Waals surface area contributed by atoms with E-state index in [2.05, 4.69) is 0 Å². The first-order chi connectivity index (χ1) is 9.00. The molecule has 1 aromatic rings. The molecule has 4 heteroatoms. The molecular formula is C15H22N2O2. The molecule has 0 bridgehead atoms. The smallest absolute Gasteiger partial charge is 0.254 e. The van der Waals surface area contributed by atoms with Crippen LogP contribution in [0.3, 0.4) is 0 Å². The zero-order chi connectivity index (χ0) is 14.0. The Hall–Kier alpha value is -1.55. The SMILES string of the molecule is Cc1c(O)cccc1C(=O)N1CCCC(C(C)N)C1. The summed E-state index contributed by atoms with van der Waals surface area (Å²) in [6.07, 6.45) is 2.08. The molecule has 2 unspecified atom stereocenters. The Morgan fingerprint density at radius 1 is 1.53 bits per heavy atom. The maximum Gasteiger partial charge on any atom is 0.254 e. The lowest BCUT2D eigenvalue weighted by Crippen LogP contribution is -2.45. The van der Waals surface area contributed by atoms with Crippen LogP contribution in [0.4, 0.5) is 0 Å². The number of hydrogen-bond acceptors (Lipinski definition) is 3.